The van der Waals surface area contributed by atoms with Crippen LogP contribution in [0.1, 0.15) is 30.2 Å². The number of aryl methyl sites for hydroxylation is 2. The third-order valence-electron chi connectivity index (χ3n) is 5.42. The second-order valence-electron chi connectivity index (χ2n) is 7.49. The molecule has 0 spiro atoms. The molecule has 0 aliphatic carbocycles. The van der Waals surface area contributed by atoms with Crippen molar-refractivity contribution in [2.75, 3.05) is 18.0 Å². The number of pyridine rings is 1. The topological polar surface area (TPSA) is 66.8 Å². The van der Waals surface area contributed by atoms with Gasteiger partial charge in [0.2, 0.25) is 0 Å². The molecule has 1 fully saturated rings. The molecule has 1 saturated heterocycles. The molecule has 0 amide bonds. The summed E-state index contributed by atoms with van der Waals surface area (Å²) >= 11 is 0. The molecule has 1 aliphatic rings. The molecule has 1 atom stereocenters. The molecule has 2 aromatic heterocycles. The molecular weight excluding hydrogens is 338 g/mol. The predicted octanol–water partition coefficient (Wildman–Crippen LogP) is 2.81. The van der Waals surface area contributed by atoms with Gasteiger partial charge in [-0.3, -0.25) is 9.13 Å². The van der Waals surface area contributed by atoms with Crippen LogP contribution in [0.3, 0.4) is 0 Å². The van der Waals surface area contributed by atoms with Crippen molar-refractivity contribution in [2.45, 2.75) is 26.8 Å². The van der Waals surface area contributed by atoms with E-state index in [1.54, 1.807) is 22.2 Å². The van der Waals surface area contributed by atoms with Crippen molar-refractivity contribution < 1.29 is 0 Å². The number of aromatic nitrogens is 3. The number of hydrogen-bond donors (Lipinski definition) is 0. The molecule has 3 aromatic rings. The van der Waals surface area contributed by atoms with Crippen LogP contribution in [0, 0.1) is 24.2 Å². The normalized spacial score (nSPS) is 16.8. The summed E-state index contributed by atoms with van der Waals surface area (Å²) in [5, 5.41) is 9.41. The maximum atomic E-state index is 13.0. The minimum atomic E-state index is -0.107. The molecule has 1 aliphatic heterocycles. The molecule has 0 radical (unpaired) electrons. The SMILES string of the molecule is Cc1cc(N2CC[C@@H](C)C2)c2c(n1)n(C)c(=O)n2Cc1ccccc1C#N. The molecule has 6 nitrogen and oxygen atoms in total. The van der Waals surface area contributed by atoms with Crippen LogP contribution in [0.2, 0.25) is 0 Å². The first-order valence-corrected chi connectivity index (χ1v) is 9.29. The maximum absolute atomic E-state index is 13.0. The van der Waals surface area contributed by atoms with Gasteiger partial charge in [0.1, 0.15) is 5.52 Å². The third-order valence-corrected chi connectivity index (χ3v) is 5.42. The van der Waals surface area contributed by atoms with Crippen LogP contribution in [0.5, 0.6) is 0 Å². The Hall–Kier alpha value is -3.07. The fourth-order valence-corrected chi connectivity index (χ4v) is 3.97. The zero-order chi connectivity index (χ0) is 19.1. The highest BCUT2D eigenvalue weighted by Crippen LogP contribution is 2.31. The van der Waals surface area contributed by atoms with Crippen LogP contribution in [-0.4, -0.2) is 27.2 Å². The van der Waals surface area contributed by atoms with Gasteiger partial charge < -0.3 is 4.90 Å². The number of hydrogen-bond acceptors (Lipinski definition) is 4. The first-order valence-electron chi connectivity index (χ1n) is 9.29. The van der Waals surface area contributed by atoms with E-state index in [0.29, 0.717) is 23.7 Å². The summed E-state index contributed by atoms with van der Waals surface area (Å²) in [6.07, 6.45) is 1.15. The lowest BCUT2D eigenvalue weighted by Gasteiger charge is -2.20. The lowest BCUT2D eigenvalue weighted by atomic mass is 10.1. The Kier molecular flexibility index (Phi) is 4.23. The fraction of sp³-hybridized carbons (Fsp3) is 0.381. The molecule has 27 heavy (non-hydrogen) atoms. The van der Waals surface area contributed by atoms with Crippen molar-refractivity contribution in [3.63, 3.8) is 0 Å². The van der Waals surface area contributed by atoms with Gasteiger partial charge in [-0.15, -0.1) is 0 Å². The van der Waals surface area contributed by atoms with Crippen LogP contribution in [0.25, 0.3) is 11.2 Å². The van der Waals surface area contributed by atoms with Crippen molar-refractivity contribution in [3.8, 4) is 6.07 Å². The average Bonchev–Trinajstić information content (AvgIpc) is 3.19. The zero-order valence-corrected chi connectivity index (χ0v) is 15.9. The minimum absolute atomic E-state index is 0.107. The summed E-state index contributed by atoms with van der Waals surface area (Å²) in [6, 6.07) is 11.7. The lowest BCUT2D eigenvalue weighted by molar-refractivity contribution is 0.659. The Balaban J connectivity index is 1.94. The standard InChI is InChI=1S/C21H23N5O/c1-14-8-9-25(12-14)18-10-15(2)23-20-19(18)26(21(27)24(20)3)13-17-7-5-4-6-16(17)11-22/h4-7,10,14H,8-9,12-13H2,1-3H3/t14-/m1/s1. The van der Waals surface area contributed by atoms with Gasteiger partial charge in [-0.2, -0.15) is 5.26 Å². The van der Waals surface area contributed by atoms with Gasteiger partial charge >= 0.3 is 5.69 Å². The molecule has 0 bridgehead atoms. The highest BCUT2D eigenvalue weighted by atomic mass is 16.1. The van der Waals surface area contributed by atoms with E-state index in [4.69, 9.17) is 0 Å². The van der Waals surface area contributed by atoms with Crippen molar-refractivity contribution in [1.82, 2.24) is 14.1 Å². The van der Waals surface area contributed by atoms with Gasteiger partial charge in [0.15, 0.2) is 5.65 Å². The van der Waals surface area contributed by atoms with E-state index in [1.165, 1.54) is 0 Å². The molecule has 1 aromatic carbocycles. The summed E-state index contributed by atoms with van der Waals surface area (Å²) in [5.41, 5.74) is 4.85. The molecule has 4 rings (SSSR count). The van der Waals surface area contributed by atoms with Crippen LogP contribution in [0.4, 0.5) is 5.69 Å². The van der Waals surface area contributed by atoms with Crippen LogP contribution < -0.4 is 10.6 Å². The van der Waals surface area contributed by atoms with Crippen molar-refractivity contribution in [3.05, 3.63) is 57.6 Å². The van der Waals surface area contributed by atoms with E-state index in [0.717, 1.165) is 42.0 Å². The van der Waals surface area contributed by atoms with Crippen molar-refractivity contribution in [2.24, 2.45) is 13.0 Å². The van der Waals surface area contributed by atoms with Gasteiger partial charge in [-0.1, -0.05) is 25.1 Å². The fourth-order valence-electron chi connectivity index (χ4n) is 3.97. The number of rotatable bonds is 3. The molecule has 3 heterocycles. The quantitative estimate of drug-likeness (QED) is 0.719. The first-order chi connectivity index (χ1) is 13.0. The summed E-state index contributed by atoms with van der Waals surface area (Å²) in [4.78, 5) is 20.0. The molecule has 0 saturated carbocycles. The number of nitrogens with zero attached hydrogens (tertiary/aromatic N) is 5. The number of anilines is 1. The summed E-state index contributed by atoms with van der Waals surface area (Å²) in [5.74, 6) is 0.636. The number of benzene rings is 1. The predicted molar refractivity (Wildman–Crippen MR) is 106 cm³/mol. The van der Waals surface area contributed by atoms with E-state index in [-0.39, 0.29) is 5.69 Å². The number of imidazole rings is 1. The summed E-state index contributed by atoms with van der Waals surface area (Å²) in [7, 11) is 1.76. The zero-order valence-electron chi connectivity index (χ0n) is 15.9. The van der Waals surface area contributed by atoms with Gasteiger partial charge in [0.05, 0.1) is 23.9 Å². The lowest BCUT2D eigenvalue weighted by Crippen LogP contribution is -2.24. The summed E-state index contributed by atoms with van der Waals surface area (Å²) < 4.78 is 3.37. The summed E-state index contributed by atoms with van der Waals surface area (Å²) in [6.45, 7) is 6.55. The third kappa shape index (κ3) is 2.89. The molecule has 6 heteroatoms. The van der Waals surface area contributed by atoms with E-state index in [9.17, 15) is 10.1 Å². The number of nitriles is 1. The molecular formula is C21H23N5O. The maximum Gasteiger partial charge on any atom is 0.330 e. The van der Waals surface area contributed by atoms with Crippen LogP contribution in [-0.2, 0) is 13.6 Å². The second-order valence-corrected chi connectivity index (χ2v) is 7.49. The highest BCUT2D eigenvalue weighted by molar-refractivity contribution is 5.87. The van der Waals surface area contributed by atoms with Crippen molar-refractivity contribution >= 4 is 16.9 Å². The Morgan fingerprint density at radius 3 is 2.81 bits per heavy atom. The Morgan fingerprint density at radius 1 is 1.33 bits per heavy atom. The minimum Gasteiger partial charge on any atom is -0.369 e. The Labute approximate surface area is 158 Å². The Bertz CT molecular complexity index is 1120. The monoisotopic (exact) mass is 361 g/mol. The van der Waals surface area contributed by atoms with Crippen LogP contribution in [0.15, 0.2) is 35.1 Å². The molecule has 0 N–H and O–H groups in total. The van der Waals surface area contributed by atoms with Gasteiger partial charge in [-0.25, -0.2) is 9.78 Å². The average molecular weight is 361 g/mol. The van der Waals surface area contributed by atoms with Gasteiger partial charge in [0, 0.05) is 25.8 Å². The highest BCUT2D eigenvalue weighted by Gasteiger charge is 2.25. The van der Waals surface area contributed by atoms with E-state index in [2.05, 4.69) is 28.9 Å². The van der Waals surface area contributed by atoms with E-state index < -0.39 is 0 Å². The van der Waals surface area contributed by atoms with E-state index in [1.807, 2.05) is 25.1 Å². The first kappa shape index (κ1) is 17.3. The largest absolute Gasteiger partial charge is 0.369 e. The van der Waals surface area contributed by atoms with Crippen molar-refractivity contribution in [1.29, 1.82) is 5.26 Å². The van der Waals surface area contributed by atoms with E-state index >= 15 is 0 Å². The molecule has 138 valence electrons. The second kappa shape index (κ2) is 6.58. The van der Waals surface area contributed by atoms with Gasteiger partial charge in [0.25, 0.3) is 0 Å². The molecule has 0 unspecified atom stereocenters. The number of fused-ring (bicyclic) bond motifs is 1. The van der Waals surface area contributed by atoms with Crippen LogP contribution >= 0.6 is 0 Å². The Morgan fingerprint density at radius 2 is 2.11 bits per heavy atom. The smallest absolute Gasteiger partial charge is 0.330 e. The van der Waals surface area contributed by atoms with Gasteiger partial charge in [-0.05, 0) is 37.0 Å².